The number of likely N-dealkylation sites (tertiary alicyclic amines) is 1. The molecule has 1 unspecified atom stereocenters. The number of carbonyl (C=O) groups is 3. The molecule has 1 aromatic carbocycles. The van der Waals surface area contributed by atoms with E-state index in [-0.39, 0.29) is 30.1 Å². The van der Waals surface area contributed by atoms with Crippen molar-refractivity contribution in [1.29, 1.82) is 0 Å². The Bertz CT molecular complexity index is 662. The zero-order valence-electron chi connectivity index (χ0n) is 13.2. The monoisotopic (exact) mass is 337 g/mol. The van der Waals surface area contributed by atoms with Crippen LogP contribution in [0.15, 0.2) is 18.2 Å². The van der Waals surface area contributed by atoms with Gasteiger partial charge in [0.05, 0.1) is 11.1 Å². The molecule has 23 heavy (non-hydrogen) atoms. The molecule has 1 atom stereocenters. The molecule has 1 N–H and O–H groups in total. The third kappa shape index (κ3) is 2.96. The van der Waals surface area contributed by atoms with Crippen molar-refractivity contribution in [2.75, 3.05) is 27.2 Å². The second-order valence-electron chi connectivity index (χ2n) is 5.81. The van der Waals surface area contributed by atoms with Crippen molar-refractivity contribution in [2.45, 2.75) is 18.9 Å². The van der Waals surface area contributed by atoms with Crippen LogP contribution >= 0.6 is 12.4 Å². The zero-order chi connectivity index (χ0) is 15.9. The van der Waals surface area contributed by atoms with E-state index in [1.54, 1.807) is 23.1 Å². The van der Waals surface area contributed by atoms with Gasteiger partial charge in [-0.15, -0.1) is 12.4 Å². The number of rotatable bonds is 2. The van der Waals surface area contributed by atoms with E-state index in [4.69, 9.17) is 0 Å². The van der Waals surface area contributed by atoms with Crippen LogP contribution in [0.25, 0.3) is 0 Å². The first-order chi connectivity index (χ1) is 10.5. The average molecular weight is 338 g/mol. The number of likely N-dealkylation sites (N-methyl/N-ethyl adjacent to an activating group) is 1. The fourth-order valence-corrected chi connectivity index (χ4v) is 3.07. The molecular formula is C16H20ClN3O3. The number of fused-ring (bicyclic) bond motifs is 1. The van der Waals surface area contributed by atoms with Gasteiger partial charge >= 0.3 is 0 Å². The highest BCUT2D eigenvalue weighted by Gasteiger charge is 2.34. The summed E-state index contributed by atoms with van der Waals surface area (Å²) in [6.07, 6.45) is 2.02. The summed E-state index contributed by atoms with van der Waals surface area (Å²) in [6, 6.07) is 5.06. The molecule has 0 bridgehead atoms. The molecule has 6 nitrogen and oxygen atoms in total. The molecule has 1 fully saturated rings. The maximum absolute atomic E-state index is 12.6. The van der Waals surface area contributed by atoms with Crippen molar-refractivity contribution >= 4 is 30.1 Å². The third-order valence-corrected chi connectivity index (χ3v) is 4.45. The van der Waals surface area contributed by atoms with Crippen LogP contribution in [0, 0.1) is 0 Å². The van der Waals surface area contributed by atoms with E-state index in [9.17, 15) is 14.4 Å². The maximum Gasteiger partial charge on any atom is 0.261 e. The number of hydrogen-bond acceptors (Lipinski definition) is 4. The predicted molar refractivity (Wildman–Crippen MR) is 88.1 cm³/mol. The van der Waals surface area contributed by atoms with Gasteiger partial charge in [-0.05, 0) is 38.1 Å². The van der Waals surface area contributed by atoms with E-state index in [0.717, 1.165) is 24.3 Å². The van der Waals surface area contributed by atoms with Crippen molar-refractivity contribution in [2.24, 2.45) is 0 Å². The Kier molecular flexibility index (Phi) is 5.06. The van der Waals surface area contributed by atoms with Crippen molar-refractivity contribution in [1.82, 2.24) is 15.1 Å². The molecule has 2 heterocycles. The van der Waals surface area contributed by atoms with Gasteiger partial charge in [-0.1, -0.05) is 0 Å². The molecule has 0 spiro atoms. The molecule has 0 radical (unpaired) electrons. The van der Waals surface area contributed by atoms with E-state index >= 15 is 0 Å². The first kappa shape index (κ1) is 17.4. The maximum atomic E-state index is 12.6. The number of halogens is 1. The van der Waals surface area contributed by atoms with E-state index < -0.39 is 0 Å². The van der Waals surface area contributed by atoms with E-state index in [1.807, 2.05) is 7.05 Å². The Morgan fingerprint density at radius 2 is 1.91 bits per heavy atom. The summed E-state index contributed by atoms with van der Waals surface area (Å²) >= 11 is 0. The number of hydrogen-bond donors (Lipinski definition) is 1. The number of imide groups is 1. The van der Waals surface area contributed by atoms with E-state index in [2.05, 4.69) is 5.32 Å². The Hall–Kier alpha value is -1.92. The molecule has 0 aromatic heterocycles. The molecule has 7 heteroatoms. The van der Waals surface area contributed by atoms with Gasteiger partial charge in [0.15, 0.2) is 0 Å². The van der Waals surface area contributed by atoms with Gasteiger partial charge in [0.2, 0.25) is 0 Å². The average Bonchev–Trinajstić information content (AvgIpc) is 2.78. The molecule has 3 rings (SSSR count). The minimum absolute atomic E-state index is 0. The quantitative estimate of drug-likeness (QED) is 0.822. The second-order valence-corrected chi connectivity index (χ2v) is 5.81. The Balaban J connectivity index is 0.00000192. The lowest BCUT2D eigenvalue weighted by Gasteiger charge is -2.32. The SMILES string of the molecule is CNC1CCCN(C(=O)c2ccc3c(c2)C(=O)N(C)C3=O)C1.Cl. The van der Waals surface area contributed by atoms with Gasteiger partial charge in [-0.25, -0.2) is 0 Å². The van der Waals surface area contributed by atoms with Gasteiger partial charge in [-0.3, -0.25) is 19.3 Å². The van der Waals surface area contributed by atoms with Gasteiger partial charge < -0.3 is 10.2 Å². The van der Waals surface area contributed by atoms with E-state index in [1.165, 1.54) is 7.05 Å². The van der Waals surface area contributed by atoms with Crippen LogP contribution in [0.2, 0.25) is 0 Å². The van der Waals surface area contributed by atoms with Crippen molar-refractivity contribution < 1.29 is 14.4 Å². The highest BCUT2D eigenvalue weighted by molar-refractivity contribution is 6.21. The highest BCUT2D eigenvalue weighted by atomic mass is 35.5. The van der Waals surface area contributed by atoms with Gasteiger partial charge in [0, 0.05) is 31.7 Å². The van der Waals surface area contributed by atoms with Crippen LogP contribution in [-0.2, 0) is 0 Å². The summed E-state index contributed by atoms with van der Waals surface area (Å²) in [7, 11) is 3.35. The lowest BCUT2D eigenvalue weighted by atomic mass is 10.0. The van der Waals surface area contributed by atoms with E-state index in [0.29, 0.717) is 29.3 Å². The molecule has 2 aliphatic rings. The van der Waals surface area contributed by atoms with Crippen molar-refractivity contribution in [3.63, 3.8) is 0 Å². The molecule has 124 valence electrons. The topological polar surface area (TPSA) is 69.7 Å². The lowest BCUT2D eigenvalue weighted by Crippen LogP contribution is -2.47. The van der Waals surface area contributed by atoms with Crippen LogP contribution in [0.4, 0.5) is 0 Å². The number of nitrogens with zero attached hydrogens (tertiary/aromatic N) is 2. The molecule has 1 saturated heterocycles. The second kappa shape index (κ2) is 6.68. The molecular weight excluding hydrogens is 318 g/mol. The standard InChI is InChI=1S/C16H19N3O3.ClH/c1-17-11-4-3-7-19(9-11)14(20)10-5-6-12-13(8-10)16(22)18(2)15(12)21;/h5-6,8,11,17H,3-4,7,9H2,1-2H3;1H. The van der Waals surface area contributed by atoms with Crippen LogP contribution in [-0.4, -0.2) is 60.7 Å². The Morgan fingerprint density at radius 1 is 1.22 bits per heavy atom. The molecule has 1 aromatic rings. The van der Waals surface area contributed by atoms with Crippen LogP contribution in [0.1, 0.15) is 43.9 Å². The van der Waals surface area contributed by atoms with Crippen LogP contribution < -0.4 is 5.32 Å². The molecule has 2 aliphatic heterocycles. The lowest BCUT2D eigenvalue weighted by molar-refractivity contribution is 0.0688. The Morgan fingerprint density at radius 3 is 2.61 bits per heavy atom. The van der Waals surface area contributed by atoms with Gasteiger partial charge in [0.25, 0.3) is 17.7 Å². The van der Waals surface area contributed by atoms with Gasteiger partial charge in [-0.2, -0.15) is 0 Å². The fourth-order valence-electron chi connectivity index (χ4n) is 3.07. The summed E-state index contributed by atoms with van der Waals surface area (Å²) in [4.78, 5) is 39.4. The Labute approximate surface area is 141 Å². The fraction of sp³-hybridized carbons (Fsp3) is 0.438. The normalized spacial score (nSPS) is 20.3. The summed E-state index contributed by atoms with van der Waals surface area (Å²) in [5.74, 6) is -0.744. The first-order valence-electron chi connectivity index (χ1n) is 7.46. The summed E-state index contributed by atoms with van der Waals surface area (Å²) in [6.45, 7) is 1.39. The minimum Gasteiger partial charge on any atom is -0.337 e. The van der Waals surface area contributed by atoms with Crippen molar-refractivity contribution in [3.05, 3.63) is 34.9 Å². The molecule has 0 aliphatic carbocycles. The smallest absolute Gasteiger partial charge is 0.261 e. The zero-order valence-corrected chi connectivity index (χ0v) is 14.0. The first-order valence-corrected chi connectivity index (χ1v) is 7.46. The number of piperidine rings is 1. The molecule has 0 saturated carbocycles. The number of nitrogens with one attached hydrogen (secondary N) is 1. The van der Waals surface area contributed by atoms with Gasteiger partial charge in [0.1, 0.15) is 0 Å². The summed E-state index contributed by atoms with van der Waals surface area (Å²) in [5.41, 5.74) is 1.16. The summed E-state index contributed by atoms with van der Waals surface area (Å²) in [5, 5.41) is 3.20. The number of benzene rings is 1. The number of carbonyl (C=O) groups excluding carboxylic acids is 3. The predicted octanol–water partition coefficient (Wildman–Crippen LogP) is 1.16. The van der Waals surface area contributed by atoms with Crippen molar-refractivity contribution in [3.8, 4) is 0 Å². The summed E-state index contributed by atoms with van der Waals surface area (Å²) < 4.78 is 0. The van der Waals surface area contributed by atoms with Crippen LogP contribution in [0.3, 0.4) is 0 Å². The number of amides is 3. The largest absolute Gasteiger partial charge is 0.337 e. The highest BCUT2D eigenvalue weighted by Crippen LogP contribution is 2.24. The van der Waals surface area contributed by atoms with Crippen LogP contribution in [0.5, 0.6) is 0 Å². The molecule has 3 amide bonds. The minimum atomic E-state index is -0.346. The third-order valence-electron chi connectivity index (χ3n) is 4.45.